The lowest BCUT2D eigenvalue weighted by atomic mass is 10.0. The van der Waals surface area contributed by atoms with Gasteiger partial charge in [-0.1, -0.05) is 71.0 Å². The van der Waals surface area contributed by atoms with E-state index in [9.17, 15) is 0 Å². The summed E-state index contributed by atoms with van der Waals surface area (Å²) in [6, 6.07) is 18.1. The maximum Gasteiger partial charge on any atom is 0.139 e. The molecule has 18 heavy (non-hydrogen) atoms. The molecule has 0 aliphatic rings. The Kier molecular flexibility index (Phi) is 3.71. The molecule has 0 heterocycles. The van der Waals surface area contributed by atoms with E-state index in [-0.39, 0.29) is 11.4 Å². The lowest BCUT2D eigenvalue weighted by Gasteiger charge is -2.06. The first-order valence-electron chi connectivity index (χ1n) is 5.42. The third kappa shape index (κ3) is 2.38. The molecule has 0 unspecified atom stereocenters. The normalized spacial score (nSPS) is 12.4. The van der Waals surface area contributed by atoms with E-state index in [4.69, 9.17) is 10.4 Å². The highest BCUT2D eigenvalue weighted by Crippen LogP contribution is 2.09. The summed E-state index contributed by atoms with van der Waals surface area (Å²) in [5, 5.41) is 24.7. The number of nitrogens with zero attached hydrogens (tertiary/aromatic N) is 2. The third-order valence-corrected chi connectivity index (χ3v) is 2.52. The molecule has 90 valence electrons. The lowest BCUT2D eigenvalue weighted by Crippen LogP contribution is -2.17. The molecule has 0 aliphatic heterocycles. The highest BCUT2D eigenvalue weighted by Gasteiger charge is 2.15. The second kappa shape index (κ2) is 5.63. The SMILES string of the molecule is ON=C(/C(=N\O)c1ccccc1)c1ccccc1. The zero-order valence-corrected chi connectivity index (χ0v) is 9.56. The smallest absolute Gasteiger partial charge is 0.139 e. The van der Waals surface area contributed by atoms with Gasteiger partial charge in [0.25, 0.3) is 0 Å². The second-order valence-corrected chi connectivity index (χ2v) is 3.63. The standard InChI is InChI=1S/C14H12N2O2/c17-15-13(11-7-3-1-4-8-11)14(16-18)12-9-5-2-6-10-12/h1-10,17-18H/b15-13-,16-14?. The largest absolute Gasteiger partial charge is 0.410 e. The Morgan fingerprint density at radius 3 is 1.22 bits per heavy atom. The fraction of sp³-hybridized carbons (Fsp3) is 0. The minimum atomic E-state index is 0.226. The number of hydrogen-bond donors (Lipinski definition) is 2. The van der Waals surface area contributed by atoms with Crippen LogP contribution >= 0.6 is 0 Å². The van der Waals surface area contributed by atoms with Crippen LogP contribution in [0.4, 0.5) is 0 Å². The Balaban J connectivity index is 2.45. The van der Waals surface area contributed by atoms with Crippen molar-refractivity contribution in [2.75, 3.05) is 0 Å². The average molecular weight is 240 g/mol. The van der Waals surface area contributed by atoms with E-state index in [0.29, 0.717) is 11.1 Å². The molecule has 0 radical (unpaired) electrons. The van der Waals surface area contributed by atoms with Crippen LogP contribution < -0.4 is 0 Å². The minimum Gasteiger partial charge on any atom is -0.410 e. The molecule has 0 bridgehead atoms. The van der Waals surface area contributed by atoms with Crippen molar-refractivity contribution in [1.29, 1.82) is 0 Å². The summed E-state index contributed by atoms with van der Waals surface area (Å²) < 4.78 is 0. The van der Waals surface area contributed by atoms with E-state index < -0.39 is 0 Å². The third-order valence-electron chi connectivity index (χ3n) is 2.52. The first-order valence-corrected chi connectivity index (χ1v) is 5.42. The summed E-state index contributed by atoms with van der Waals surface area (Å²) in [6.45, 7) is 0. The van der Waals surface area contributed by atoms with Crippen molar-refractivity contribution in [3.8, 4) is 0 Å². The van der Waals surface area contributed by atoms with Gasteiger partial charge in [0.05, 0.1) is 0 Å². The van der Waals surface area contributed by atoms with Gasteiger partial charge in [0, 0.05) is 11.1 Å². The molecule has 4 nitrogen and oxygen atoms in total. The van der Waals surface area contributed by atoms with Crippen LogP contribution in [0.25, 0.3) is 0 Å². The zero-order chi connectivity index (χ0) is 12.8. The van der Waals surface area contributed by atoms with Crippen molar-refractivity contribution in [1.82, 2.24) is 0 Å². The van der Waals surface area contributed by atoms with E-state index in [0.717, 1.165) is 0 Å². The molecule has 0 spiro atoms. The molecule has 4 heteroatoms. The lowest BCUT2D eigenvalue weighted by molar-refractivity contribution is 0.314. The maximum atomic E-state index is 9.14. The monoisotopic (exact) mass is 240 g/mol. The molecule has 2 aromatic rings. The van der Waals surface area contributed by atoms with Crippen molar-refractivity contribution in [2.45, 2.75) is 0 Å². The van der Waals surface area contributed by atoms with E-state index in [1.54, 1.807) is 24.3 Å². The molecule has 2 N–H and O–H groups in total. The second-order valence-electron chi connectivity index (χ2n) is 3.63. The van der Waals surface area contributed by atoms with Gasteiger partial charge in [0.15, 0.2) is 0 Å². The number of hydrogen-bond acceptors (Lipinski definition) is 4. The zero-order valence-electron chi connectivity index (χ0n) is 9.56. The topological polar surface area (TPSA) is 65.2 Å². The maximum absolute atomic E-state index is 9.14. The first kappa shape index (κ1) is 11.9. The van der Waals surface area contributed by atoms with E-state index in [1.165, 1.54) is 0 Å². The summed E-state index contributed by atoms with van der Waals surface area (Å²) in [5.74, 6) is 0. The van der Waals surface area contributed by atoms with Gasteiger partial charge in [-0.15, -0.1) is 0 Å². The van der Waals surface area contributed by atoms with Gasteiger partial charge in [-0.25, -0.2) is 0 Å². The Hall–Kier alpha value is -2.62. The van der Waals surface area contributed by atoms with Crippen LogP contribution in [-0.4, -0.2) is 21.8 Å². The molecule has 0 aliphatic carbocycles. The highest BCUT2D eigenvalue weighted by molar-refractivity contribution is 6.53. The quantitative estimate of drug-likeness (QED) is 0.492. The Morgan fingerprint density at radius 2 is 0.944 bits per heavy atom. The molecule has 0 fully saturated rings. The fourth-order valence-electron chi connectivity index (χ4n) is 1.68. The molecule has 0 amide bonds. The fourth-order valence-corrected chi connectivity index (χ4v) is 1.68. The molecule has 0 saturated heterocycles. The molecule has 2 aromatic carbocycles. The van der Waals surface area contributed by atoms with E-state index >= 15 is 0 Å². The Morgan fingerprint density at radius 1 is 0.611 bits per heavy atom. The van der Waals surface area contributed by atoms with Crippen molar-refractivity contribution in [2.24, 2.45) is 10.3 Å². The van der Waals surface area contributed by atoms with Crippen molar-refractivity contribution in [3.63, 3.8) is 0 Å². The molecule has 0 atom stereocenters. The number of rotatable bonds is 3. The summed E-state index contributed by atoms with van der Waals surface area (Å²) in [4.78, 5) is 0. The van der Waals surface area contributed by atoms with E-state index in [2.05, 4.69) is 10.3 Å². The van der Waals surface area contributed by atoms with Crippen molar-refractivity contribution in [3.05, 3.63) is 71.8 Å². The average Bonchev–Trinajstić information content (AvgIpc) is 2.46. The van der Waals surface area contributed by atoms with Gasteiger partial charge in [-0.3, -0.25) is 0 Å². The summed E-state index contributed by atoms with van der Waals surface area (Å²) in [7, 11) is 0. The highest BCUT2D eigenvalue weighted by atomic mass is 16.4. The van der Waals surface area contributed by atoms with E-state index in [1.807, 2.05) is 36.4 Å². The predicted molar refractivity (Wildman–Crippen MR) is 69.5 cm³/mol. The van der Waals surface area contributed by atoms with Gasteiger partial charge in [0.1, 0.15) is 11.4 Å². The number of oxime groups is 2. The predicted octanol–water partition coefficient (Wildman–Crippen LogP) is 2.74. The molecule has 2 rings (SSSR count). The van der Waals surface area contributed by atoms with Gasteiger partial charge in [-0.2, -0.15) is 0 Å². The van der Waals surface area contributed by atoms with Crippen molar-refractivity contribution >= 4 is 11.4 Å². The van der Waals surface area contributed by atoms with Crippen LogP contribution in [0.5, 0.6) is 0 Å². The summed E-state index contributed by atoms with van der Waals surface area (Å²) in [5.41, 5.74) is 1.81. The summed E-state index contributed by atoms with van der Waals surface area (Å²) in [6.07, 6.45) is 0. The molecule has 0 aromatic heterocycles. The van der Waals surface area contributed by atoms with Crippen LogP contribution in [0.2, 0.25) is 0 Å². The Bertz CT molecular complexity index is 509. The summed E-state index contributed by atoms with van der Waals surface area (Å²) >= 11 is 0. The van der Waals surface area contributed by atoms with Gasteiger partial charge in [-0.05, 0) is 0 Å². The van der Waals surface area contributed by atoms with Crippen LogP contribution in [-0.2, 0) is 0 Å². The van der Waals surface area contributed by atoms with Crippen LogP contribution in [0, 0.1) is 0 Å². The van der Waals surface area contributed by atoms with Gasteiger partial charge in [0.2, 0.25) is 0 Å². The molecular weight excluding hydrogens is 228 g/mol. The van der Waals surface area contributed by atoms with Crippen molar-refractivity contribution < 1.29 is 10.4 Å². The molecular formula is C14H12N2O2. The van der Waals surface area contributed by atoms with Crippen LogP contribution in [0.15, 0.2) is 71.0 Å². The first-order chi connectivity index (χ1) is 8.86. The Labute approximate surface area is 105 Å². The van der Waals surface area contributed by atoms with Crippen LogP contribution in [0.3, 0.4) is 0 Å². The van der Waals surface area contributed by atoms with Gasteiger partial charge < -0.3 is 10.4 Å². The number of benzene rings is 2. The van der Waals surface area contributed by atoms with Crippen LogP contribution in [0.1, 0.15) is 11.1 Å². The minimum absolute atomic E-state index is 0.226. The van der Waals surface area contributed by atoms with Gasteiger partial charge >= 0.3 is 0 Å². The molecule has 0 saturated carbocycles.